The van der Waals surface area contributed by atoms with Crippen molar-refractivity contribution in [2.24, 2.45) is 0 Å². The maximum Gasteiger partial charge on any atom is 0.434 e. The third-order valence-electron chi connectivity index (χ3n) is 3.24. The SMILES string of the molecule is O=C(NCCC=Cc1c(C(F)(F)F)nc[nH]c1=O)OCc1ccccc1. The number of aromatic nitrogens is 2. The van der Waals surface area contributed by atoms with E-state index < -0.39 is 29.1 Å². The Labute approximate surface area is 146 Å². The molecule has 0 fully saturated rings. The molecule has 1 aromatic heterocycles. The van der Waals surface area contributed by atoms with Gasteiger partial charge in [0.25, 0.3) is 5.56 Å². The van der Waals surface area contributed by atoms with E-state index in [9.17, 15) is 22.8 Å². The van der Waals surface area contributed by atoms with Gasteiger partial charge >= 0.3 is 12.3 Å². The summed E-state index contributed by atoms with van der Waals surface area (Å²) in [6.45, 7) is 0.256. The second kappa shape index (κ2) is 8.84. The molecule has 0 unspecified atom stereocenters. The molecule has 2 N–H and O–H groups in total. The van der Waals surface area contributed by atoms with Crippen molar-refractivity contribution in [2.75, 3.05) is 6.54 Å². The first-order chi connectivity index (χ1) is 12.4. The highest BCUT2D eigenvalue weighted by Crippen LogP contribution is 2.29. The molecular formula is C17H16F3N3O3. The standard InChI is InChI=1S/C17H16F3N3O3/c18-17(19,20)14-13(15(24)23-11-22-14)8-4-5-9-21-16(25)26-10-12-6-2-1-3-7-12/h1-4,6-8,11H,5,9-10H2,(H,21,25)(H,22,23,24). The highest BCUT2D eigenvalue weighted by molar-refractivity contribution is 5.67. The number of nitrogens with one attached hydrogen (secondary N) is 2. The van der Waals surface area contributed by atoms with Gasteiger partial charge in [-0.25, -0.2) is 9.78 Å². The lowest BCUT2D eigenvalue weighted by molar-refractivity contribution is -0.141. The van der Waals surface area contributed by atoms with Crippen molar-refractivity contribution in [1.82, 2.24) is 15.3 Å². The summed E-state index contributed by atoms with van der Waals surface area (Å²) in [5.41, 5.74) is -1.89. The van der Waals surface area contributed by atoms with Gasteiger partial charge in [0.2, 0.25) is 0 Å². The molecular weight excluding hydrogens is 351 g/mol. The molecule has 2 rings (SSSR count). The lowest BCUT2D eigenvalue weighted by Gasteiger charge is -2.07. The minimum atomic E-state index is -4.73. The number of alkyl halides is 3. The molecule has 9 heteroatoms. The lowest BCUT2D eigenvalue weighted by Crippen LogP contribution is -2.24. The number of alkyl carbamates (subject to hydrolysis) is 1. The third-order valence-corrected chi connectivity index (χ3v) is 3.24. The Bertz CT molecular complexity index is 817. The first kappa shape index (κ1) is 19.2. The zero-order valence-corrected chi connectivity index (χ0v) is 13.5. The molecule has 1 aromatic carbocycles. The number of aromatic amines is 1. The first-order valence-electron chi connectivity index (χ1n) is 7.64. The summed E-state index contributed by atoms with van der Waals surface area (Å²) >= 11 is 0. The average Bonchev–Trinajstić information content (AvgIpc) is 2.60. The molecule has 2 aromatic rings. The van der Waals surface area contributed by atoms with Crippen LogP contribution in [0.2, 0.25) is 0 Å². The number of carbonyl (C=O) groups excluding carboxylic acids is 1. The largest absolute Gasteiger partial charge is 0.445 e. The van der Waals surface area contributed by atoms with E-state index in [1.54, 1.807) is 12.1 Å². The molecule has 0 aliphatic rings. The van der Waals surface area contributed by atoms with Crippen LogP contribution in [-0.2, 0) is 17.5 Å². The van der Waals surface area contributed by atoms with Crippen LogP contribution < -0.4 is 10.9 Å². The fourth-order valence-corrected chi connectivity index (χ4v) is 2.02. The summed E-state index contributed by atoms with van der Waals surface area (Å²) in [6.07, 6.45) is -2.07. The highest BCUT2D eigenvalue weighted by atomic mass is 19.4. The Kier molecular flexibility index (Phi) is 6.54. The van der Waals surface area contributed by atoms with Crippen LogP contribution in [0.25, 0.3) is 6.08 Å². The lowest BCUT2D eigenvalue weighted by atomic mass is 10.2. The minimum absolute atomic E-state index is 0.114. The molecule has 0 atom stereocenters. The molecule has 0 aliphatic heterocycles. The number of carbonyl (C=O) groups is 1. The quantitative estimate of drug-likeness (QED) is 0.769. The van der Waals surface area contributed by atoms with E-state index in [2.05, 4.69) is 15.3 Å². The van der Waals surface area contributed by atoms with Crippen molar-refractivity contribution < 1.29 is 22.7 Å². The van der Waals surface area contributed by atoms with E-state index in [4.69, 9.17) is 4.74 Å². The minimum Gasteiger partial charge on any atom is -0.445 e. The molecule has 0 saturated carbocycles. The Morgan fingerprint density at radius 3 is 2.69 bits per heavy atom. The van der Waals surface area contributed by atoms with E-state index in [0.29, 0.717) is 6.33 Å². The van der Waals surface area contributed by atoms with Crippen LogP contribution in [0.15, 0.2) is 47.5 Å². The zero-order chi connectivity index (χ0) is 19.0. The van der Waals surface area contributed by atoms with Crippen molar-refractivity contribution in [2.45, 2.75) is 19.2 Å². The van der Waals surface area contributed by atoms with Gasteiger partial charge in [-0.05, 0) is 12.0 Å². The molecule has 0 aliphatic carbocycles. The monoisotopic (exact) mass is 367 g/mol. The van der Waals surface area contributed by atoms with Gasteiger partial charge in [0.15, 0.2) is 5.69 Å². The van der Waals surface area contributed by atoms with Crippen LogP contribution in [0.4, 0.5) is 18.0 Å². The Morgan fingerprint density at radius 2 is 2.00 bits per heavy atom. The topological polar surface area (TPSA) is 84.1 Å². The summed E-state index contributed by atoms with van der Waals surface area (Å²) in [5, 5.41) is 2.46. The van der Waals surface area contributed by atoms with Crippen LogP contribution in [0.1, 0.15) is 23.2 Å². The average molecular weight is 367 g/mol. The van der Waals surface area contributed by atoms with Gasteiger partial charge in [-0.3, -0.25) is 4.79 Å². The van der Waals surface area contributed by atoms with E-state index in [-0.39, 0.29) is 19.6 Å². The summed E-state index contributed by atoms with van der Waals surface area (Å²) in [4.78, 5) is 28.3. The fourth-order valence-electron chi connectivity index (χ4n) is 2.02. The first-order valence-corrected chi connectivity index (χ1v) is 7.64. The Morgan fingerprint density at radius 1 is 1.27 bits per heavy atom. The number of ether oxygens (including phenoxy) is 1. The highest BCUT2D eigenvalue weighted by Gasteiger charge is 2.35. The van der Waals surface area contributed by atoms with Crippen LogP contribution >= 0.6 is 0 Å². The maximum atomic E-state index is 12.8. The number of halogens is 3. The third kappa shape index (κ3) is 5.76. The van der Waals surface area contributed by atoms with Crippen molar-refractivity contribution in [3.63, 3.8) is 0 Å². The molecule has 0 bridgehead atoms. The second-order valence-corrected chi connectivity index (χ2v) is 5.17. The normalized spacial score (nSPS) is 11.5. The molecule has 26 heavy (non-hydrogen) atoms. The van der Waals surface area contributed by atoms with Crippen molar-refractivity contribution in [3.05, 3.63) is 69.9 Å². The number of rotatable bonds is 6. The van der Waals surface area contributed by atoms with Crippen molar-refractivity contribution in [1.29, 1.82) is 0 Å². The molecule has 1 amide bonds. The predicted molar refractivity (Wildman–Crippen MR) is 88.1 cm³/mol. The zero-order valence-electron chi connectivity index (χ0n) is 13.5. The van der Waals surface area contributed by atoms with Gasteiger partial charge in [-0.15, -0.1) is 0 Å². The Hall–Kier alpha value is -3.10. The van der Waals surface area contributed by atoms with Crippen molar-refractivity contribution in [3.8, 4) is 0 Å². The molecule has 0 saturated heterocycles. The van der Waals surface area contributed by atoms with Gasteiger partial charge in [0.05, 0.1) is 11.9 Å². The van der Waals surface area contributed by atoms with Gasteiger partial charge < -0.3 is 15.0 Å². The molecule has 1 heterocycles. The number of hydrogen-bond donors (Lipinski definition) is 2. The molecule has 138 valence electrons. The van der Waals surface area contributed by atoms with Gasteiger partial charge in [0, 0.05) is 6.54 Å². The van der Waals surface area contributed by atoms with Crippen LogP contribution in [0.5, 0.6) is 0 Å². The maximum absolute atomic E-state index is 12.8. The van der Waals surface area contributed by atoms with Crippen molar-refractivity contribution >= 4 is 12.2 Å². The van der Waals surface area contributed by atoms with E-state index in [1.165, 1.54) is 6.08 Å². The summed E-state index contributed by atoms with van der Waals surface area (Å²) in [5.74, 6) is 0. The molecule has 6 nitrogen and oxygen atoms in total. The Balaban J connectivity index is 1.81. The summed E-state index contributed by atoms with van der Waals surface area (Å²) in [6, 6.07) is 9.08. The van der Waals surface area contributed by atoms with Crippen LogP contribution in [-0.4, -0.2) is 22.6 Å². The van der Waals surface area contributed by atoms with E-state index in [1.807, 2.05) is 18.2 Å². The number of H-pyrrole nitrogens is 1. The van der Waals surface area contributed by atoms with E-state index >= 15 is 0 Å². The number of nitrogens with zero attached hydrogens (tertiary/aromatic N) is 1. The molecule has 0 radical (unpaired) electrons. The molecule has 0 spiro atoms. The number of hydrogen-bond acceptors (Lipinski definition) is 4. The summed E-state index contributed by atoms with van der Waals surface area (Å²) < 4.78 is 43.4. The van der Waals surface area contributed by atoms with Crippen LogP contribution in [0.3, 0.4) is 0 Å². The van der Waals surface area contributed by atoms with Crippen LogP contribution in [0, 0.1) is 0 Å². The number of amides is 1. The predicted octanol–water partition coefficient (Wildman–Crippen LogP) is 3.12. The smallest absolute Gasteiger partial charge is 0.434 e. The fraction of sp³-hybridized carbons (Fsp3) is 0.235. The van der Waals surface area contributed by atoms with Gasteiger partial charge in [0.1, 0.15) is 6.61 Å². The van der Waals surface area contributed by atoms with E-state index in [0.717, 1.165) is 11.6 Å². The van der Waals surface area contributed by atoms with Gasteiger partial charge in [-0.2, -0.15) is 13.2 Å². The second-order valence-electron chi connectivity index (χ2n) is 5.17. The number of benzene rings is 1. The summed E-state index contributed by atoms with van der Waals surface area (Å²) in [7, 11) is 0. The van der Waals surface area contributed by atoms with Gasteiger partial charge in [-0.1, -0.05) is 42.5 Å².